The van der Waals surface area contributed by atoms with E-state index in [2.05, 4.69) is 15.3 Å². The molecule has 0 atom stereocenters. The van der Waals surface area contributed by atoms with Crippen LogP contribution in [0.1, 0.15) is 5.56 Å². The van der Waals surface area contributed by atoms with Crippen molar-refractivity contribution in [2.24, 2.45) is 5.16 Å². The fourth-order valence-corrected chi connectivity index (χ4v) is 1.06. The molecule has 0 saturated carbocycles. The van der Waals surface area contributed by atoms with E-state index >= 15 is 0 Å². The Bertz CT molecular complexity index is 422. The van der Waals surface area contributed by atoms with Crippen LogP contribution in [-0.4, -0.2) is 19.2 Å². The number of carbonyl (C=O) groups is 1. The van der Waals surface area contributed by atoms with Crippen LogP contribution in [0.4, 0.5) is 0 Å². The molecule has 88 valence electrons. The van der Waals surface area contributed by atoms with Gasteiger partial charge in [0, 0.05) is 12.3 Å². The maximum atomic E-state index is 11.2. The Hall–Kier alpha value is -2.36. The summed E-state index contributed by atoms with van der Waals surface area (Å²) in [4.78, 5) is 15.7. The number of nitrogens with zero attached hydrogens (tertiary/aromatic N) is 1. The summed E-state index contributed by atoms with van der Waals surface area (Å²) in [7, 11) is 1.44. The maximum Gasteiger partial charge on any atom is 0.247 e. The average Bonchev–Trinajstić information content (AvgIpc) is 2.36. The average molecular weight is 230 g/mol. The number of nitrogens with one attached hydrogen (secondary N) is 1. The highest BCUT2D eigenvalue weighted by Crippen LogP contribution is 1.99. The fraction of sp³-hybridized carbons (Fsp3) is 0.0769. The Morgan fingerprint density at radius 2 is 2.12 bits per heavy atom. The predicted octanol–water partition coefficient (Wildman–Crippen LogP) is 1.96. The second kappa shape index (κ2) is 7.87. The minimum Gasteiger partial charge on any atom is -0.399 e. The van der Waals surface area contributed by atoms with E-state index in [1.807, 2.05) is 36.4 Å². The second-order valence-electron chi connectivity index (χ2n) is 3.05. The van der Waals surface area contributed by atoms with Crippen LogP contribution in [0.15, 0.2) is 53.8 Å². The van der Waals surface area contributed by atoms with E-state index in [1.54, 1.807) is 6.20 Å². The molecule has 0 spiro atoms. The van der Waals surface area contributed by atoms with Crippen LogP contribution in [0.2, 0.25) is 0 Å². The zero-order valence-corrected chi connectivity index (χ0v) is 9.54. The van der Waals surface area contributed by atoms with Gasteiger partial charge in [-0.15, -0.1) is 0 Å². The van der Waals surface area contributed by atoms with Crippen molar-refractivity contribution >= 4 is 18.2 Å². The number of hydrogen-bond acceptors (Lipinski definition) is 3. The lowest BCUT2D eigenvalue weighted by atomic mass is 10.2. The van der Waals surface area contributed by atoms with Gasteiger partial charge in [0.1, 0.15) is 7.11 Å². The second-order valence-corrected chi connectivity index (χ2v) is 3.05. The molecule has 0 radical (unpaired) electrons. The third-order valence-electron chi connectivity index (χ3n) is 1.80. The van der Waals surface area contributed by atoms with E-state index < -0.39 is 0 Å². The van der Waals surface area contributed by atoms with E-state index in [0.717, 1.165) is 5.56 Å². The molecule has 1 aromatic rings. The van der Waals surface area contributed by atoms with Crippen molar-refractivity contribution in [2.45, 2.75) is 0 Å². The van der Waals surface area contributed by atoms with Crippen molar-refractivity contribution in [1.29, 1.82) is 0 Å². The molecule has 0 aliphatic carbocycles. The molecular formula is C13H14N2O2. The van der Waals surface area contributed by atoms with E-state index in [-0.39, 0.29) is 5.91 Å². The van der Waals surface area contributed by atoms with Crippen molar-refractivity contribution in [2.75, 3.05) is 7.11 Å². The number of carbonyl (C=O) groups excluding carboxylic acids is 1. The lowest BCUT2D eigenvalue weighted by Crippen LogP contribution is -2.13. The van der Waals surface area contributed by atoms with E-state index in [1.165, 1.54) is 25.5 Å². The number of oxime groups is 1. The van der Waals surface area contributed by atoms with Gasteiger partial charge in [0.2, 0.25) is 5.91 Å². The molecule has 0 aliphatic heterocycles. The van der Waals surface area contributed by atoms with Gasteiger partial charge in [0.05, 0.1) is 6.21 Å². The number of amides is 1. The number of allylic oxidation sites excluding steroid dienone is 1. The van der Waals surface area contributed by atoms with Gasteiger partial charge in [-0.25, -0.2) is 0 Å². The van der Waals surface area contributed by atoms with Gasteiger partial charge in [-0.2, -0.15) is 0 Å². The first-order chi connectivity index (χ1) is 8.33. The molecular weight excluding hydrogens is 216 g/mol. The lowest BCUT2D eigenvalue weighted by Gasteiger charge is -1.93. The van der Waals surface area contributed by atoms with E-state index in [4.69, 9.17) is 0 Å². The number of rotatable bonds is 5. The van der Waals surface area contributed by atoms with E-state index in [9.17, 15) is 4.79 Å². The molecule has 0 fully saturated rings. The molecule has 0 unspecified atom stereocenters. The largest absolute Gasteiger partial charge is 0.399 e. The molecule has 4 nitrogen and oxygen atoms in total. The third-order valence-corrected chi connectivity index (χ3v) is 1.80. The first-order valence-corrected chi connectivity index (χ1v) is 5.08. The van der Waals surface area contributed by atoms with Gasteiger partial charge in [0.25, 0.3) is 0 Å². The topological polar surface area (TPSA) is 50.7 Å². The van der Waals surface area contributed by atoms with Crippen molar-refractivity contribution in [1.82, 2.24) is 5.32 Å². The predicted molar refractivity (Wildman–Crippen MR) is 68.3 cm³/mol. The van der Waals surface area contributed by atoms with Crippen LogP contribution in [0.25, 0.3) is 6.08 Å². The van der Waals surface area contributed by atoms with Gasteiger partial charge >= 0.3 is 0 Å². The first kappa shape index (κ1) is 12.7. The van der Waals surface area contributed by atoms with Gasteiger partial charge in [-0.1, -0.05) is 35.5 Å². The Balaban J connectivity index is 2.36. The minimum absolute atomic E-state index is 0.222. The molecule has 1 N–H and O–H groups in total. The zero-order valence-electron chi connectivity index (χ0n) is 9.54. The molecule has 0 bridgehead atoms. The maximum absolute atomic E-state index is 11.2. The normalized spacial score (nSPS) is 11.4. The summed E-state index contributed by atoms with van der Waals surface area (Å²) in [6.07, 6.45) is 7.65. The molecule has 0 aliphatic rings. The summed E-state index contributed by atoms with van der Waals surface area (Å²) in [5.74, 6) is -0.222. The minimum atomic E-state index is -0.222. The summed E-state index contributed by atoms with van der Waals surface area (Å²) in [5.41, 5.74) is 1.03. The molecule has 0 saturated heterocycles. The smallest absolute Gasteiger partial charge is 0.247 e. The summed E-state index contributed by atoms with van der Waals surface area (Å²) in [6.45, 7) is 0. The van der Waals surface area contributed by atoms with Gasteiger partial charge < -0.3 is 10.2 Å². The highest BCUT2D eigenvalue weighted by Gasteiger charge is 1.88. The molecule has 4 heteroatoms. The van der Waals surface area contributed by atoms with Crippen molar-refractivity contribution in [3.8, 4) is 0 Å². The van der Waals surface area contributed by atoms with Crippen LogP contribution in [0.3, 0.4) is 0 Å². The lowest BCUT2D eigenvalue weighted by molar-refractivity contribution is -0.115. The Kier molecular flexibility index (Phi) is 5.88. The van der Waals surface area contributed by atoms with Crippen LogP contribution < -0.4 is 5.32 Å². The van der Waals surface area contributed by atoms with Crippen LogP contribution in [-0.2, 0) is 9.63 Å². The quantitative estimate of drug-likeness (QED) is 0.477. The summed E-state index contributed by atoms with van der Waals surface area (Å²) in [5, 5.41) is 6.06. The Labute approximate surface area is 100 Å². The summed E-state index contributed by atoms with van der Waals surface area (Å²) < 4.78 is 0. The number of benzene rings is 1. The summed E-state index contributed by atoms with van der Waals surface area (Å²) in [6, 6.07) is 9.70. The van der Waals surface area contributed by atoms with Gasteiger partial charge in [-0.3, -0.25) is 4.79 Å². The SMILES string of the molecule is CO/N=C/C=C/C(=O)N/C=C/c1ccccc1. The highest BCUT2D eigenvalue weighted by molar-refractivity contribution is 5.92. The van der Waals surface area contributed by atoms with Crippen molar-refractivity contribution in [3.63, 3.8) is 0 Å². The molecule has 1 aromatic carbocycles. The number of hydrogen-bond donors (Lipinski definition) is 1. The standard InChI is InChI=1S/C13H14N2O2/c1-17-15-10-5-8-13(16)14-11-9-12-6-3-2-4-7-12/h2-11H,1H3,(H,14,16)/b8-5+,11-9+,15-10+. The molecule has 17 heavy (non-hydrogen) atoms. The van der Waals surface area contributed by atoms with Crippen LogP contribution in [0, 0.1) is 0 Å². The van der Waals surface area contributed by atoms with Gasteiger partial charge in [-0.05, 0) is 17.7 Å². The van der Waals surface area contributed by atoms with E-state index in [0.29, 0.717) is 0 Å². The monoisotopic (exact) mass is 230 g/mol. The van der Waals surface area contributed by atoms with Crippen molar-refractivity contribution < 1.29 is 9.63 Å². The summed E-state index contributed by atoms with van der Waals surface area (Å²) >= 11 is 0. The van der Waals surface area contributed by atoms with Crippen molar-refractivity contribution in [3.05, 3.63) is 54.2 Å². The highest BCUT2D eigenvalue weighted by atomic mass is 16.6. The third kappa shape index (κ3) is 5.94. The molecule has 0 heterocycles. The van der Waals surface area contributed by atoms with Crippen LogP contribution in [0.5, 0.6) is 0 Å². The molecule has 1 amide bonds. The Morgan fingerprint density at radius 1 is 1.35 bits per heavy atom. The first-order valence-electron chi connectivity index (χ1n) is 5.08. The Morgan fingerprint density at radius 3 is 2.82 bits per heavy atom. The van der Waals surface area contributed by atoms with Crippen LogP contribution >= 0.6 is 0 Å². The molecule has 1 rings (SSSR count). The van der Waals surface area contributed by atoms with Gasteiger partial charge in [0.15, 0.2) is 0 Å². The fourth-order valence-electron chi connectivity index (χ4n) is 1.06. The molecule has 0 aromatic heterocycles. The zero-order chi connectivity index (χ0) is 12.3.